The summed E-state index contributed by atoms with van der Waals surface area (Å²) in [4.78, 5) is 23.8. The van der Waals surface area contributed by atoms with Crippen LogP contribution in [0.25, 0.3) is 0 Å². The van der Waals surface area contributed by atoms with Crippen molar-refractivity contribution in [2.24, 2.45) is 0 Å². The van der Waals surface area contributed by atoms with Crippen LogP contribution in [0, 0.1) is 11.3 Å². The lowest BCUT2D eigenvalue weighted by Crippen LogP contribution is -2.31. The Hall–Kier alpha value is -2.03. The minimum atomic E-state index is -1.13. The second kappa shape index (κ2) is 7.33. The van der Waals surface area contributed by atoms with E-state index in [0.29, 0.717) is 0 Å². The van der Waals surface area contributed by atoms with Crippen molar-refractivity contribution in [3.63, 3.8) is 0 Å². The summed E-state index contributed by atoms with van der Waals surface area (Å²) in [5.41, 5.74) is -0.0434. The zero-order valence-electron chi connectivity index (χ0n) is 10.2. The maximum atomic E-state index is 11.5. The lowest BCUT2D eigenvalue weighted by atomic mass is 10.2. The molecule has 0 radical (unpaired) electrons. The van der Waals surface area contributed by atoms with Crippen molar-refractivity contribution in [1.82, 2.24) is 10.2 Å². The van der Waals surface area contributed by atoms with Crippen LogP contribution in [0.5, 0.6) is 0 Å². The van der Waals surface area contributed by atoms with Crippen molar-refractivity contribution in [2.45, 2.75) is 25.7 Å². The Morgan fingerprint density at radius 1 is 1.28 bits per heavy atom. The summed E-state index contributed by atoms with van der Waals surface area (Å²) in [5.74, 6) is -1.76. The molecule has 1 fully saturated rings. The van der Waals surface area contributed by atoms with Gasteiger partial charge < -0.3 is 15.3 Å². The Morgan fingerprint density at radius 2 is 1.89 bits per heavy atom. The summed E-state index contributed by atoms with van der Waals surface area (Å²) in [5, 5.41) is 19.5. The Kier molecular flexibility index (Phi) is 5.71. The molecule has 1 heterocycles. The van der Waals surface area contributed by atoms with Crippen molar-refractivity contribution in [1.29, 1.82) is 5.26 Å². The number of likely N-dealkylation sites (tertiary alicyclic amines) is 1. The zero-order chi connectivity index (χ0) is 13.4. The molecule has 6 nitrogen and oxygen atoms in total. The van der Waals surface area contributed by atoms with Crippen LogP contribution in [-0.2, 0) is 9.59 Å². The van der Waals surface area contributed by atoms with Gasteiger partial charge in [0.15, 0.2) is 0 Å². The van der Waals surface area contributed by atoms with Crippen LogP contribution in [0.3, 0.4) is 0 Å². The van der Waals surface area contributed by atoms with Gasteiger partial charge in [-0.05, 0) is 12.8 Å². The molecule has 1 rings (SSSR count). The molecular weight excluding hydrogens is 234 g/mol. The number of aliphatic carboxylic acids is 1. The second-order valence-corrected chi connectivity index (χ2v) is 4.18. The number of rotatable bonds is 4. The molecule has 0 aliphatic carbocycles. The molecule has 2 N–H and O–H groups in total. The fourth-order valence-corrected chi connectivity index (χ4v) is 1.80. The summed E-state index contributed by atoms with van der Waals surface area (Å²) >= 11 is 0. The standard InChI is InChI=1S/C12H17N3O3/c13-7-10(12(18)14-8-11(16)17)9-15-5-3-1-2-4-6-15/h9H,1-6,8H2,(H,14,18)(H,16,17)/b10-9-. The molecular formula is C12H17N3O3. The van der Waals surface area contributed by atoms with Crippen molar-refractivity contribution < 1.29 is 14.7 Å². The molecule has 0 unspecified atom stereocenters. The van der Waals surface area contributed by atoms with Gasteiger partial charge in [-0.25, -0.2) is 0 Å². The number of carboxylic acid groups (broad SMARTS) is 1. The highest BCUT2D eigenvalue weighted by Gasteiger charge is 2.13. The van der Waals surface area contributed by atoms with Crippen LogP contribution in [0.15, 0.2) is 11.8 Å². The van der Waals surface area contributed by atoms with Crippen LogP contribution in [0.4, 0.5) is 0 Å². The van der Waals surface area contributed by atoms with Gasteiger partial charge in [-0.1, -0.05) is 12.8 Å². The van der Waals surface area contributed by atoms with E-state index in [9.17, 15) is 9.59 Å². The molecule has 1 aliphatic heterocycles. The number of hydrogen-bond donors (Lipinski definition) is 2. The number of carbonyl (C=O) groups is 2. The van der Waals surface area contributed by atoms with E-state index in [2.05, 4.69) is 5.32 Å². The number of carboxylic acids is 1. The van der Waals surface area contributed by atoms with Crippen LogP contribution < -0.4 is 5.32 Å². The summed E-state index contributed by atoms with van der Waals surface area (Å²) in [6.45, 7) is 1.19. The Balaban J connectivity index is 2.60. The lowest BCUT2D eigenvalue weighted by molar-refractivity contribution is -0.137. The average molecular weight is 251 g/mol. The Morgan fingerprint density at radius 3 is 2.39 bits per heavy atom. The highest BCUT2D eigenvalue weighted by Crippen LogP contribution is 2.11. The van der Waals surface area contributed by atoms with Gasteiger partial charge in [-0.3, -0.25) is 9.59 Å². The molecule has 1 amide bonds. The number of hydrogen-bond acceptors (Lipinski definition) is 4. The van der Waals surface area contributed by atoms with Crippen LogP contribution >= 0.6 is 0 Å². The Labute approximate surface area is 106 Å². The molecule has 0 aromatic carbocycles. The monoisotopic (exact) mass is 251 g/mol. The summed E-state index contributed by atoms with van der Waals surface area (Å²) in [6.07, 6.45) is 5.95. The van der Waals surface area contributed by atoms with E-state index >= 15 is 0 Å². The maximum Gasteiger partial charge on any atom is 0.322 e. The average Bonchev–Trinajstić information content (AvgIpc) is 2.61. The number of nitrogens with zero attached hydrogens (tertiary/aromatic N) is 2. The topological polar surface area (TPSA) is 93.4 Å². The van der Waals surface area contributed by atoms with Crippen molar-refractivity contribution in [2.75, 3.05) is 19.6 Å². The SMILES string of the molecule is N#C/C(=C/N1CCCCCC1)C(=O)NCC(=O)O. The molecule has 0 atom stereocenters. The first-order chi connectivity index (χ1) is 8.63. The highest BCUT2D eigenvalue weighted by molar-refractivity contribution is 5.98. The molecule has 18 heavy (non-hydrogen) atoms. The van der Waals surface area contributed by atoms with Crippen LogP contribution in [0.1, 0.15) is 25.7 Å². The minimum Gasteiger partial charge on any atom is -0.480 e. The molecule has 1 saturated heterocycles. The summed E-state index contributed by atoms with van der Waals surface area (Å²) < 4.78 is 0. The molecule has 0 saturated carbocycles. The third-order valence-corrected chi connectivity index (χ3v) is 2.72. The number of amides is 1. The lowest BCUT2D eigenvalue weighted by Gasteiger charge is -2.17. The van der Waals surface area contributed by atoms with E-state index in [-0.39, 0.29) is 5.57 Å². The molecule has 0 aromatic rings. The van der Waals surface area contributed by atoms with E-state index in [1.165, 1.54) is 6.20 Å². The first-order valence-electron chi connectivity index (χ1n) is 5.99. The van der Waals surface area contributed by atoms with Crippen molar-refractivity contribution in [3.8, 4) is 6.07 Å². The second-order valence-electron chi connectivity index (χ2n) is 4.18. The third kappa shape index (κ3) is 4.87. The van der Waals surface area contributed by atoms with Gasteiger partial charge in [0.2, 0.25) is 0 Å². The maximum absolute atomic E-state index is 11.5. The highest BCUT2D eigenvalue weighted by atomic mass is 16.4. The molecule has 0 aromatic heterocycles. The fourth-order valence-electron chi connectivity index (χ4n) is 1.80. The van der Waals surface area contributed by atoms with E-state index in [4.69, 9.17) is 10.4 Å². The number of nitrogens with one attached hydrogen (secondary N) is 1. The number of nitriles is 1. The third-order valence-electron chi connectivity index (χ3n) is 2.72. The van der Waals surface area contributed by atoms with E-state index in [1.807, 2.05) is 11.0 Å². The summed E-state index contributed by atoms with van der Waals surface area (Å²) in [6, 6.07) is 1.81. The predicted molar refractivity (Wildman–Crippen MR) is 64.4 cm³/mol. The van der Waals surface area contributed by atoms with Gasteiger partial charge in [0, 0.05) is 19.3 Å². The molecule has 98 valence electrons. The predicted octanol–water partition coefficient (Wildman–Crippen LogP) is 0.471. The fraction of sp³-hybridized carbons (Fsp3) is 0.583. The first-order valence-corrected chi connectivity index (χ1v) is 5.99. The van der Waals surface area contributed by atoms with E-state index in [0.717, 1.165) is 38.8 Å². The van der Waals surface area contributed by atoms with E-state index < -0.39 is 18.4 Å². The van der Waals surface area contributed by atoms with Gasteiger partial charge in [0.05, 0.1) is 0 Å². The normalized spacial score (nSPS) is 16.6. The molecule has 1 aliphatic rings. The van der Waals surface area contributed by atoms with Crippen molar-refractivity contribution >= 4 is 11.9 Å². The van der Waals surface area contributed by atoms with Crippen LogP contribution in [-0.4, -0.2) is 41.5 Å². The van der Waals surface area contributed by atoms with Crippen LogP contribution in [0.2, 0.25) is 0 Å². The van der Waals surface area contributed by atoms with Gasteiger partial charge in [-0.2, -0.15) is 5.26 Å². The quantitative estimate of drug-likeness (QED) is 0.559. The molecule has 0 spiro atoms. The Bertz CT molecular complexity index is 377. The van der Waals surface area contributed by atoms with E-state index in [1.54, 1.807) is 0 Å². The molecule has 0 bridgehead atoms. The smallest absolute Gasteiger partial charge is 0.322 e. The number of carbonyl (C=O) groups excluding carboxylic acids is 1. The van der Waals surface area contributed by atoms with Gasteiger partial charge in [-0.15, -0.1) is 0 Å². The van der Waals surface area contributed by atoms with Crippen molar-refractivity contribution in [3.05, 3.63) is 11.8 Å². The summed E-state index contributed by atoms with van der Waals surface area (Å²) in [7, 11) is 0. The zero-order valence-corrected chi connectivity index (χ0v) is 10.2. The van der Waals surface area contributed by atoms with Gasteiger partial charge in [0.25, 0.3) is 5.91 Å². The first kappa shape index (κ1) is 14.0. The van der Waals surface area contributed by atoms with Gasteiger partial charge >= 0.3 is 5.97 Å². The largest absolute Gasteiger partial charge is 0.480 e. The minimum absolute atomic E-state index is 0.0434. The van der Waals surface area contributed by atoms with Gasteiger partial charge in [0.1, 0.15) is 18.2 Å². The molecule has 6 heteroatoms.